The lowest BCUT2D eigenvalue weighted by Gasteiger charge is -2.10. The zero-order valence-corrected chi connectivity index (χ0v) is 15.2. The minimum Gasteiger partial charge on any atom is -0.465 e. The Balaban J connectivity index is 1.75. The van der Waals surface area contributed by atoms with Crippen LogP contribution < -0.4 is 5.43 Å². The third kappa shape index (κ3) is 5.83. The van der Waals surface area contributed by atoms with Gasteiger partial charge in [0.1, 0.15) is 0 Å². The minimum absolute atomic E-state index is 0.170. The third-order valence-electron chi connectivity index (χ3n) is 3.64. The van der Waals surface area contributed by atoms with Crippen LogP contribution in [0.3, 0.4) is 0 Å². The summed E-state index contributed by atoms with van der Waals surface area (Å²) in [6.07, 6.45) is 2.35. The van der Waals surface area contributed by atoms with Crippen LogP contribution in [0.15, 0.2) is 29.4 Å². The summed E-state index contributed by atoms with van der Waals surface area (Å²) >= 11 is 7.34. The Morgan fingerprint density at radius 1 is 1.38 bits per heavy atom. The van der Waals surface area contributed by atoms with Gasteiger partial charge in [0.15, 0.2) is 0 Å². The molecule has 0 spiro atoms. The molecule has 0 saturated heterocycles. The summed E-state index contributed by atoms with van der Waals surface area (Å²) in [6.45, 7) is 2.14. The Labute approximate surface area is 151 Å². The molecule has 1 amide bonds. The topological polar surface area (TPSA) is 67.8 Å². The van der Waals surface area contributed by atoms with Gasteiger partial charge in [0.2, 0.25) is 5.91 Å². The van der Waals surface area contributed by atoms with Crippen molar-refractivity contribution in [3.8, 4) is 0 Å². The van der Waals surface area contributed by atoms with Crippen LogP contribution in [-0.2, 0) is 20.1 Å². The number of nitrogens with one attached hydrogen (secondary N) is 1. The lowest BCUT2D eigenvalue weighted by Crippen LogP contribution is -2.26. The fourth-order valence-electron chi connectivity index (χ4n) is 2.47. The molecule has 1 aromatic rings. The molecule has 1 aliphatic rings. The molecule has 0 radical (unpaired) electrons. The van der Waals surface area contributed by atoms with Crippen molar-refractivity contribution in [1.82, 2.24) is 5.43 Å². The molecule has 0 heterocycles. The predicted octanol–water partition coefficient (Wildman–Crippen LogP) is 3.41. The van der Waals surface area contributed by atoms with Gasteiger partial charge < -0.3 is 4.74 Å². The third-order valence-corrected chi connectivity index (χ3v) is 4.89. The molecule has 24 heavy (non-hydrogen) atoms. The van der Waals surface area contributed by atoms with E-state index < -0.39 is 0 Å². The number of hydrogen-bond donors (Lipinski definition) is 1. The minimum atomic E-state index is -0.313. The number of halogens is 1. The number of hydrogen-bond acceptors (Lipinski definition) is 5. The number of benzene rings is 1. The van der Waals surface area contributed by atoms with Gasteiger partial charge in [-0.25, -0.2) is 5.43 Å². The Morgan fingerprint density at radius 2 is 2.12 bits per heavy atom. The number of nitrogens with zero attached hydrogens (tertiary/aromatic N) is 1. The van der Waals surface area contributed by atoms with Crippen LogP contribution in [-0.4, -0.2) is 29.9 Å². The summed E-state index contributed by atoms with van der Waals surface area (Å²) in [6, 6.07) is 7.55. The van der Waals surface area contributed by atoms with E-state index in [0.717, 1.165) is 30.6 Å². The Kier molecular flexibility index (Phi) is 7.59. The number of carbonyl (C=O) groups is 2. The quantitative estimate of drug-likeness (QED) is 0.591. The van der Waals surface area contributed by atoms with Crippen molar-refractivity contribution in [1.29, 1.82) is 0 Å². The smallest absolute Gasteiger partial charge is 0.314 e. The van der Waals surface area contributed by atoms with E-state index in [-0.39, 0.29) is 17.8 Å². The van der Waals surface area contributed by atoms with Crippen LogP contribution in [0.2, 0.25) is 5.02 Å². The van der Waals surface area contributed by atoms with Crippen molar-refractivity contribution in [3.05, 3.63) is 34.9 Å². The van der Waals surface area contributed by atoms with Gasteiger partial charge in [0.05, 0.1) is 24.0 Å². The fraction of sp³-hybridized carbons (Fsp3) is 0.471. The Morgan fingerprint density at radius 3 is 2.83 bits per heavy atom. The van der Waals surface area contributed by atoms with Crippen molar-refractivity contribution in [2.45, 2.75) is 31.9 Å². The van der Waals surface area contributed by atoms with Gasteiger partial charge in [0.25, 0.3) is 0 Å². The first kappa shape index (κ1) is 18.8. The highest BCUT2D eigenvalue weighted by Gasteiger charge is 2.30. The lowest BCUT2D eigenvalue weighted by atomic mass is 10.1. The number of thioether (sulfide) groups is 1. The van der Waals surface area contributed by atoms with Gasteiger partial charge in [-0.05, 0) is 43.9 Å². The molecule has 1 aromatic carbocycles. The van der Waals surface area contributed by atoms with Crippen molar-refractivity contribution >= 4 is 41.0 Å². The molecular weight excluding hydrogens is 348 g/mol. The monoisotopic (exact) mass is 368 g/mol. The molecule has 7 heteroatoms. The van der Waals surface area contributed by atoms with Crippen molar-refractivity contribution in [3.63, 3.8) is 0 Å². The second kappa shape index (κ2) is 9.69. The molecule has 1 aliphatic carbocycles. The zero-order chi connectivity index (χ0) is 17.4. The first-order valence-corrected chi connectivity index (χ1v) is 9.47. The largest absolute Gasteiger partial charge is 0.465 e. The van der Waals surface area contributed by atoms with Gasteiger partial charge in [-0.2, -0.15) is 5.10 Å². The predicted molar refractivity (Wildman–Crippen MR) is 97.2 cm³/mol. The second-order valence-electron chi connectivity index (χ2n) is 5.45. The molecular formula is C17H21ClN2O3S. The number of hydrazone groups is 1. The van der Waals surface area contributed by atoms with E-state index in [0.29, 0.717) is 23.1 Å². The van der Waals surface area contributed by atoms with Crippen LogP contribution in [0.4, 0.5) is 0 Å². The SMILES string of the molecule is CCOC(=O)[C@@H]1CCC/C1=N/NC(=O)CSCc1ccc(Cl)cc1. The number of ether oxygens (including phenoxy) is 1. The molecule has 1 N–H and O–H groups in total. The van der Waals surface area contributed by atoms with Gasteiger partial charge in [0, 0.05) is 10.8 Å². The number of amides is 1. The maximum absolute atomic E-state index is 11.9. The molecule has 0 aromatic heterocycles. The summed E-state index contributed by atoms with van der Waals surface area (Å²) in [7, 11) is 0. The highest BCUT2D eigenvalue weighted by molar-refractivity contribution is 7.99. The number of rotatable bonds is 7. The van der Waals surface area contributed by atoms with Crippen LogP contribution in [0.25, 0.3) is 0 Å². The van der Waals surface area contributed by atoms with E-state index >= 15 is 0 Å². The average molecular weight is 369 g/mol. The van der Waals surface area contributed by atoms with Gasteiger partial charge in [-0.15, -0.1) is 11.8 Å². The van der Waals surface area contributed by atoms with E-state index in [1.807, 2.05) is 24.3 Å². The maximum Gasteiger partial charge on any atom is 0.314 e. The summed E-state index contributed by atoms with van der Waals surface area (Å²) in [5.74, 6) is 0.305. The van der Waals surface area contributed by atoms with E-state index in [2.05, 4.69) is 10.5 Å². The molecule has 2 rings (SSSR count). The molecule has 0 unspecified atom stereocenters. The zero-order valence-electron chi connectivity index (χ0n) is 13.6. The first-order chi connectivity index (χ1) is 11.6. The summed E-state index contributed by atoms with van der Waals surface area (Å²) < 4.78 is 5.04. The molecule has 1 fully saturated rings. The number of carbonyl (C=O) groups excluding carboxylic acids is 2. The maximum atomic E-state index is 11.9. The van der Waals surface area contributed by atoms with Crippen LogP contribution >= 0.6 is 23.4 Å². The summed E-state index contributed by atoms with van der Waals surface area (Å²) in [5, 5.41) is 4.83. The number of esters is 1. The molecule has 0 aliphatic heterocycles. The van der Waals surface area contributed by atoms with Crippen LogP contribution in [0.5, 0.6) is 0 Å². The van der Waals surface area contributed by atoms with E-state index in [9.17, 15) is 9.59 Å². The Hall–Kier alpha value is -1.53. The molecule has 0 bridgehead atoms. The fourth-order valence-corrected chi connectivity index (χ4v) is 3.37. The van der Waals surface area contributed by atoms with Crippen molar-refractivity contribution in [2.75, 3.05) is 12.4 Å². The van der Waals surface area contributed by atoms with E-state index in [1.54, 1.807) is 6.92 Å². The highest BCUT2D eigenvalue weighted by atomic mass is 35.5. The second-order valence-corrected chi connectivity index (χ2v) is 6.88. The normalized spacial score (nSPS) is 18.6. The van der Waals surface area contributed by atoms with E-state index in [4.69, 9.17) is 16.3 Å². The van der Waals surface area contributed by atoms with Crippen LogP contribution in [0.1, 0.15) is 31.7 Å². The highest BCUT2D eigenvalue weighted by Crippen LogP contribution is 2.23. The summed E-state index contributed by atoms with van der Waals surface area (Å²) in [5.41, 5.74) is 4.37. The first-order valence-electron chi connectivity index (χ1n) is 7.94. The standard InChI is InChI=1S/C17H21ClN2O3S/c1-2-23-17(22)14-4-3-5-15(14)19-20-16(21)11-24-10-12-6-8-13(18)9-7-12/h6-9,14H,2-5,10-11H2,1H3,(H,20,21)/b19-15-/t14-/m1/s1. The van der Waals surface area contributed by atoms with Gasteiger partial charge in [-0.3, -0.25) is 9.59 Å². The molecule has 1 atom stereocenters. The molecule has 130 valence electrons. The van der Waals surface area contributed by atoms with Gasteiger partial charge in [-0.1, -0.05) is 23.7 Å². The van der Waals surface area contributed by atoms with Crippen LogP contribution in [0, 0.1) is 5.92 Å². The molecule has 1 saturated carbocycles. The molecule has 5 nitrogen and oxygen atoms in total. The average Bonchev–Trinajstić information content (AvgIpc) is 3.04. The van der Waals surface area contributed by atoms with Gasteiger partial charge >= 0.3 is 5.97 Å². The van der Waals surface area contributed by atoms with E-state index in [1.165, 1.54) is 11.8 Å². The van der Waals surface area contributed by atoms with Crippen molar-refractivity contribution < 1.29 is 14.3 Å². The van der Waals surface area contributed by atoms with Crippen molar-refractivity contribution in [2.24, 2.45) is 11.0 Å². The Bertz CT molecular complexity index is 604. The summed E-state index contributed by atoms with van der Waals surface area (Å²) in [4.78, 5) is 23.7. The lowest BCUT2D eigenvalue weighted by molar-refractivity contribution is -0.145.